The average molecular weight is 287 g/mol. The third-order valence-corrected chi connectivity index (χ3v) is 2.58. The van der Waals surface area contributed by atoms with Crippen molar-refractivity contribution in [2.75, 3.05) is 6.61 Å². The maximum absolute atomic E-state index is 12.9. The Hall–Kier alpha value is -1.85. The fourth-order valence-electron chi connectivity index (χ4n) is 1.60. The van der Waals surface area contributed by atoms with E-state index in [2.05, 4.69) is 9.73 Å². The second kappa shape index (κ2) is 7.07. The molecule has 20 heavy (non-hydrogen) atoms. The van der Waals surface area contributed by atoms with Gasteiger partial charge in [-0.05, 0) is 19.4 Å². The van der Waals surface area contributed by atoms with Crippen LogP contribution in [0.4, 0.5) is 13.2 Å². The number of alkyl halides is 3. The van der Waals surface area contributed by atoms with Gasteiger partial charge in [-0.3, -0.25) is 9.79 Å². The van der Waals surface area contributed by atoms with Crippen molar-refractivity contribution in [2.24, 2.45) is 4.99 Å². The lowest BCUT2D eigenvalue weighted by Crippen LogP contribution is -2.31. The van der Waals surface area contributed by atoms with Crippen LogP contribution in [0.15, 0.2) is 35.3 Å². The van der Waals surface area contributed by atoms with Gasteiger partial charge in [-0.25, -0.2) is 0 Å². The van der Waals surface area contributed by atoms with Gasteiger partial charge in [-0.1, -0.05) is 30.3 Å². The summed E-state index contributed by atoms with van der Waals surface area (Å²) in [6.45, 7) is 3.07. The topological polar surface area (TPSA) is 38.7 Å². The number of benzene rings is 1. The van der Waals surface area contributed by atoms with E-state index in [0.717, 1.165) is 0 Å². The standard InChI is InChI=1S/C14H16F3NO2/c1-3-20-13(19)9-12(14(15,16)17)18-10(2)11-7-5-4-6-8-11/h4-8,12H,3,9H2,1-2H3/b18-10+/t12-/m0/s1. The molecule has 1 rings (SSSR count). The quantitative estimate of drug-likeness (QED) is 0.615. The van der Waals surface area contributed by atoms with Crippen LogP contribution >= 0.6 is 0 Å². The Bertz CT molecular complexity index is 469. The molecule has 6 heteroatoms. The molecule has 3 nitrogen and oxygen atoms in total. The van der Waals surface area contributed by atoms with Gasteiger partial charge in [-0.15, -0.1) is 0 Å². The first-order valence-corrected chi connectivity index (χ1v) is 6.16. The molecule has 0 heterocycles. The lowest BCUT2D eigenvalue weighted by atomic mass is 10.1. The first-order chi connectivity index (χ1) is 9.34. The van der Waals surface area contributed by atoms with Crippen LogP contribution in [0.25, 0.3) is 0 Å². The summed E-state index contributed by atoms with van der Waals surface area (Å²) in [5, 5.41) is 0. The Morgan fingerprint density at radius 1 is 1.30 bits per heavy atom. The number of esters is 1. The Morgan fingerprint density at radius 2 is 1.90 bits per heavy atom. The second-order valence-electron chi connectivity index (χ2n) is 4.15. The highest BCUT2D eigenvalue weighted by Gasteiger charge is 2.41. The summed E-state index contributed by atoms with van der Waals surface area (Å²) in [7, 11) is 0. The molecule has 0 spiro atoms. The maximum Gasteiger partial charge on any atom is 0.411 e. The molecule has 0 radical (unpaired) electrons. The summed E-state index contributed by atoms with van der Waals surface area (Å²) in [5.74, 6) is -0.903. The van der Waals surface area contributed by atoms with Crippen molar-refractivity contribution in [3.05, 3.63) is 35.9 Å². The first kappa shape index (κ1) is 16.2. The molecular weight excluding hydrogens is 271 g/mol. The number of aliphatic imine (C=N–C) groups is 1. The van der Waals surface area contributed by atoms with Crippen molar-refractivity contribution in [3.63, 3.8) is 0 Å². The largest absolute Gasteiger partial charge is 0.466 e. The smallest absolute Gasteiger partial charge is 0.411 e. The van der Waals surface area contributed by atoms with Crippen LogP contribution < -0.4 is 0 Å². The molecule has 1 atom stereocenters. The molecule has 0 saturated carbocycles. The van der Waals surface area contributed by atoms with Gasteiger partial charge in [0, 0.05) is 5.71 Å². The molecule has 0 aromatic heterocycles. The zero-order valence-electron chi connectivity index (χ0n) is 11.3. The molecule has 0 N–H and O–H groups in total. The van der Waals surface area contributed by atoms with Gasteiger partial charge < -0.3 is 4.74 Å². The maximum atomic E-state index is 12.9. The van der Waals surface area contributed by atoms with E-state index in [1.54, 1.807) is 37.3 Å². The Labute approximate surface area is 115 Å². The van der Waals surface area contributed by atoms with Crippen molar-refractivity contribution in [1.82, 2.24) is 0 Å². The number of hydrogen-bond donors (Lipinski definition) is 0. The van der Waals surface area contributed by atoms with E-state index in [0.29, 0.717) is 5.56 Å². The molecule has 0 aliphatic rings. The van der Waals surface area contributed by atoms with E-state index in [1.807, 2.05) is 0 Å². The summed E-state index contributed by atoms with van der Waals surface area (Å²) < 4.78 is 43.2. The zero-order chi connectivity index (χ0) is 15.2. The van der Waals surface area contributed by atoms with Crippen LogP contribution in [-0.4, -0.2) is 30.5 Å². The van der Waals surface area contributed by atoms with Gasteiger partial charge >= 0.3 is 12.1 Å². The van der Waals surface area contributed by atoms with E-state index in [4.69, 9.17) is 0 Å². The van der Waals surface area contributed by atoms with Crippen LogP contribution in [-0.2, 0) is 9.53 Å². The van der Waals surface area contributed by atoms with Crippen LogP contribution in [0.1, 0.15) is 25.8 Å². The number of ether oxygens (including phenoxy) is 1. The Balaban J connectivity index is 2.92. The van der Waals surface area contributed by atoms with Crippen molar-refractivity contribution in [1.29, 1.82) is 0 Å². The predicted molar refractivity (Wildman–Crippen MR) is 69.7 cm³/mol. The number of carbonyl (C=O) groups excluding carboxylic acids is 1. The van der Waals surface area contributed by atoms with E-state index in [1.165, 1.54) is 6.92 Å². The SMILES string of the molecule is CCOC(=O)C[C@H](/N=C(\C)c1ccccc1)C(F)(F)F. The van der Waals surface area contributed by atoms with E-state index in [-0.39, 0.29) is 12.3 Å². The molecule has 0 fully saturated rings. The minimum Gasteiger partial charge on any atom is -0.466 e. The molecular formula is C14H16F3NO2. The molecule has 110 valence electrons. The Morgan fingerprint density at radius 3 is 2.40 bits per heavy atom. The number of nitrogens with zero attached hydrogens (tertiary/aromatic N) is 1. The monoisotopic (exact) mass is 287 g/mol. The molecule has 1 aromatic carbocycles. The van der Waals surface area contributed by atoms with Crippen LogP contribution in [0, 0.1) is 0 Å². The highest BCUT2D eigenvalue weighted by Crippen LogP contribution is 2.26. The highest BCUT2D eigenvalue weighted by atomic mass is 19.4. The van der Waals surface area contributed by atoms with E-state index < -0.39 is 24.6 Å². The number of hydrogen-bond acceptors (Lipinski definition) is 3. The van der Waals surface area contributed by atoms with E-state index >= 15 is 0 Å². The summed E-state index contributed by atoms with van der Waals surface area (Å²) in [5.41, 5.74) is 0.822. The van der Waals surface area contributed by atoms with Crippen molar-refractivity contribution in [3.8, 4) is 0 Å². The van der Waals surface area contributed by atoms with Crippen LogP contribution in [0.3, 0.4) is 0 Å². The van der Waals surface area contributed by atoms with Gasteiger partial charge in [0.15, 0.2) is 6.04 Å². The van der Waals surface area contributed by atoms with Crippen molar-refractivity contribution >= 4 is 11.7 Å². The fraction of sp³-hybridized carbons (Fsp3) is 0.429. The average Bonchev–Trinajstić information content (AvgIpc) is 2.38. The number of carbonyl (C=O) groups is 1. The normalized spacial score (nSPS) is 13.9. The van der Waals surface area contributed by atoms with Crippen LogP contribution in [0.2, 0.25) is 0 Å². The van der Waals surface area contributed by atoms with Crippen molar-refractivity contribution < 1.29 is 22.7 Å². The molecule has 0 aliphatic carbocycles. The molecule has 0 saturated heterocycles. The summed E-state index contributed by atoms with van der Waals surface area (Å²) >= 11 is 0. The lowest BCUT2D eigenvalue weighted by Gasteiger charge is -2.16. The molecule has 0 amide bonds. The third kappa shape index (κ3) is 5.03. The van der Waals surface area contributed by atoms with Gasteiger partial charge in [0.1, 0.15) is 0 Å². The van der Waals surface area contributed by atoms with Gasteiger partial charge in [0.25, 0.3) is 0 Å². The molecule has 0 unspecified atom stereocenters. The number of halogens is 3. The van der Waals surface area contributed by atoms with Crippen molar-refractivity contribution in [2.45, 2.75) is 32.5 Å². The first-order valence-electron chi connectivity index (χ1n) is 6.16. The summed E-state index contributed by atoms with van der Waals surface area (Å²) in [6.07, 6.45) is -5.38. The number of rotatable bonds is 5. The zero-order valence-corrected chi connectivity index (χ0v) is 11.3. The van der Waals surface area contributed by atoms with Gasteiger partial charge in [0.2, 0.25) is 0 Å². The summed E-state index contributed by atoms with van der Waals surface area (Å²) in [4.78, 5) is 14.9. The predicted octanol–water partition coefficient (Wildman–Crippen LogP) is 3.38. The molecule has 0 bridgehead atoms. The summed E-state index contributed by atoms with van der Waals surface area (Å²) in [6, 6.07) is 6.43. The lowest BCUT2D eigenvalue weighted by molar-refractivity contribution is -0.163. The Kier molecular flexibility index (Phi) is 5.73. The minimum atomic E-state index is -4.58. The molecule has 0 aliphatic heterocycles. The minimum absolute atomic E-state index is 0.0464. The van der Waals surface area contributed by atoms with Crippen LogP contribution in [0.5, 0.6) is 0 Å². The van der Waals surface area contributed by atoms with E-state index in [9.17, 15) is 18.0 Å². The fourth-order valence-corrected chi connectivity index (χ4v) is 1.60. The molecule has 1 aromatic rings. The third-order valence-electron chi connectivity index (χ3n) is 2.58. The van der Waals surface area contributed by atoms with Gasteiger partial charge in [-0.2, -0.15) is 13.2 Å². The van der Waals surface area contributed by atoms with Gasteiger partial charge in [0.05, 0.1) is 13.0 Å². The second-order valence-corrected chi connectivity index (χ2v) is 4.15. The highest BCUT2D eigenvalue weighted by molar-refractivity contribution is 5.98.